The Morgan fingerprint density at radius 1 is 1.33 bits per heavy atom. The number of hydrogen-bond acceptors (Lipinski definition) is 4. The third kappa shape index (κ3) is 7.90. The van der Waals surface area contributed by atoms with Gasteiger partial charge in [-0.2, -0.15) is 0 Å². The van der Waals surface area contributed by atoms with Crippen LogP contribution in [0.15, 0.2) is 0 Å². The molecule has 6 nitrogen and oxygen atoms in total. The molecular weight excluding hydrogens is 198 g/mol. The lowest BCUT2D eigenvalue weighted by Crippen LogP contribution is -2.38. The molecule has 15 heavy (non-hydrogen) atoms. The summed E-state index contributed by atoms with van der Waals surface area (Å²) in [6.45, 7) is 3.97. The minimum Gasteiger partial charge on any atom is -0.395 e. The van der Waals surface area contributed by atoms with Gasteiger partial charge in [-0.25, -0.2) is 4.79 Å². The summed E-state index contributed by atoms with van der Waals surface area (Å²) in [5.41, 5.74) is 4.79. The van der Waals surface area contributed by atoms with Crippen molar-refractivity contribution in [2.45, 2.75) is 19.8 Å². The van der Waals surface area contributed by atoms with E-state index in [9.17, 15) is 9.59 Å². The summed E-state index contributed by atoms with van der Waals surface area (Å²) >= 11 is 0. The lowest BCUT2D eigenvalue weighted by Gasteiger charge is -2.19. The second kappa shape index (κ2) is 8.19. The molecule has 3 amide bonds. The van der Waals surface area contributed by atoms with E-state index in [2.05, 4.69) is 0 Å². The van der Waals surface area contributed by atoms with Gasteiger partial charge in [-0.05, 0) is 13.0 Å². The summed E-state index contributed by atoms with van der Waals surface area (Å²) in [5, 5.41) is 10.8. The molecule has 0 aromatic rings. The lowest BCUT2D eigenvalue weighted by atomic mass is 10.3. The van der Waals surface area contributed by atoms with Crippen LogP contribution in [0.25, 0.3) is 0 Å². The van der Waals surface area contributed by atoms with Gasteiger partial charge < -0.3 is 15.7 Å². The van der Waals surface area contributed by atoms with E-state index in [1.807, 2.05) is 17.1 Å². The Morgan fingerprint density at radius 2 is 2.00 bits per heavy atom. The second-order valence-electron chi connectivity index (χ2n) is 3.23. The molecule has 0 aliphatic heterocycles. The van der Waals surface area contributed by atoms with Crippen molar-refractivity contribution >= 4 is 11.9 Å². The maximum absolute atomic E-state index is 11.1. The van der Waals surface area contributed by atoms with Gasteiger partial charge in [-0.3, -0.25) is 10.1 Å². The summed E-state index contributed by atoms with van der Waals surface area (Å²) in [6.07, 6.45) is 1.17. The van der Waals surface area contributed by atoms with Crippen molar-refractivity contribution in [3.63, 3.8) is 0 Å². The van der Waals surface area contributed by atoms with Crippen LogP contribution in [0.3, 0.4) is 0 Å². The first kappa shape index (κ1) is 13.9. The molecule has 0 unspecified atom stereocenters. The highest BCUT2D eigenvalue weighted by Crippen LogP contribution is 1.93. The highest BCUT2D eigenvalue weighted by molar-refractivity contribution is 5.93. The number of amides is 3. The smallest absolute Gasteiger partial charge is 0.318 e. The molecule has 0 aromatic heterocycles. The van der Waals surface area contributed by atoms with Crippen LogP contribution in [0.5, 0.6) is 0 Å². The van der Waals surface area contributed by atoms with Gasteiger partial charge in [0.05, 0.1) is 6.61 Å². The number of nitrogens with zero attached hydrogens (tertiary/aromatic N) is 1. The first-order valence-corrected chi connectivity index (χ1v) is 5.02. The van der Waals surface area contributed by atoms with E-state index in [1.165, 1.54) is 0 Å². The SMILES string of the molecule is CCCN(CCO)CCC(=O)NC(N)=O. The van der Waals surface area contributed by atoms with E-state index in [0.29, 0.717) is 13.1 Å². The second-order valence-corrected chi connectivity index (χ2v) is 3.23. The maximum atomic E-state index is 11.1. The molecule has 0 bridgehead atoms. The van der Waals surface area contributed by atoms with Gasteiger partial charge in [0, 0.05) is 19.5 Å². The molecule has 0 aromatic carbocycles. The van der Waals surface area contributed by atoms with Crippen LogP contribution in [-0.4, -0.2) is 48.2 Å². The summed E-state index contributed by atoms with van der Waals surface area (Å²) in [7, 11) is 0. The van der Waals surface area contributed by atoms with Crippen molar-refractivity contribution < 1.29 is 14.7 Å². The number of nitrogens with two attached hydrogens (primary N) is 1. The fourth-order valence-electron chi connectivity index (χ4n) is 1.25. The van der Waals surface area contributed by atoms with Crippen molar-refractivity contribution in [1.82, 2.24) is 10.2 Å². The molecule has 0 rings (SSSR count). The molecule has 4 N–H and O–H groups in total. The fourth-order valence-corrected chi connectivity index (χ4v) is 1.25. The molecule has 0 aliphatic carbocycles. The largest absolute Gasteiger partial charge is 0.395 e. The molecule has 0 radical (unpaired) electrons. The van der Waals surface area contributed by atoms with E-state index in [-0.39, 0.29) is 18.9 Å². The summed E-state index contributed by atoms with van der Waals surface area (Å²) in [5.74, 6) is -0.387. The van der Waals surface area contributed by atoms with Crippen molar-refractivity contribution in [3.05, 3.63) is 0 Å². The first-order valence-electron chi connectivity index (χ1n) is 5.02. The molecule has 0 aliphatic rings. The van der Waals surface area contributed by atoms with Crippen LogP contribution in [0.1, 0.15) is 19.8 Å². The molecular formula is C9H19N3O3. The monoisotopic (exact) mass is 217 g/mol. The van der Waals surface area contributed by atoms with E-state index in [0.717, 1.165) is 13.0 Å². The summed E-state index contributed by atoms with van der Waals surface area (Å²) in [4.78, 5) is 23.4. The molecule has 88 valence electrons. The van der Waals surface area contributed by atoms with E-state index in [4.69, 9.17) is 10.8 Å². The number of hydrogen-bond donors (Lipinski definition) is 3. The van der Waals surface area contributed by atoms with E-state index in [1.54, 1.807) is 0 Å². The molecule has 0 saturated heterocycles. The standard InChI is InChI=1S/C9H19N3O3/c1-2-4-12(6-7-13)5-3-8(14)11-9(10)15/h13H,2-7H2,1H3,(H3,10,11,14,15). The Bertz CT molecular complexity index is 203. The predicted molar refractivity (Wildman–Crippen MR) is 56.2 cm³/mol. The zero-order valence-corrected chi connectivity index (χ0v) is 9.03. The number of urea groups is 1. The van der Waals surface area contributed by atoms with Crippen LogP contribution in [0.4, 0.5) is 4.79 Å². The van der Waals surface area contributed by atoms with Gasteiger partial charge in [0.2, 0.25) is 5.91 Å². The van der Waals surface area contributed by atoms with Crippen LogP contribution in [0.2, 0.25) is 0 Å². The summed E-state index contributed by atoms with van der Waals surface area (Å²) < 4.78 is 0. The highest BCUT2D eigenvalue weighted by atomic mass is 16.3. The fraction of sp³-hybridized carbons (Fsp3) is 0.778. The van der Waals surface area contributed by atoms with Crippen LogP contribution >= 0.6 is 0 Å². The number of aliphatic hydroxyl groups excluding tert-OH is 1. The lowest BCUT2D eigenvalue weighted by molar-refractivity contribution is -0.120. The molecule has 0 fully saturated rings. The van der Waals surface area contributed by atoms with Crippen molar-refractivity contribution in [2.24, 2.45) is 5.73 Å². The third-order valence-corrected chi connectivity index (χ3v) is 1.87. The topological polar surface area (TPSA) is 95.7 Å². The molecule has 0 atom stereocenters. The van der Waals surface area contributed by atoms with Gasteiger partial charge in [0.15, 0.2) is 0 Å². The summed E-state index contributed by atoms with van der Waals surface area (Å²) in [6, 6.07) is -0.829. The van der Waals surface area contributed by atoms with Crippen molar-refractivity contribution in [3.8, 4) is 0 Å². The zero-order chi connectivity index (χ0) is 11.7. The predicted octanol–water partition coefficient (Wildman–Crippen LogP) is -0.724. The minimum absolute atomic E-state index is 0.0669. The average Bonchev–Trinajstić information content (AvgIpc) is 2.14. The molecule has 0 saturated carbocycles. The normalized spacial score (nSPS) is 10.3. The molecule has 6 heteroatoms. The maximum Gasteiger partial charge on any atom is 0.318 e. The Morgan fingerprint density at radius 3 is 2.47 bits per heavy atom. The number of aliphatic hydroxyl groups is 1. The van der Waals surface area contributed by atoms with Gasteiger partial charge in [-0.1, -0.05) is 6.92 Å². The molecule has 0 heterocycles. The Balaban J connectivity index is 3.77. The Labute approximate surface area is 89.4 Å². The minimum atomic E-state index is -0.829. The van der Waals surface area contributed by atoms with E-state index < -0.39 is 6.03 Å². The van der Waals surface area contributed by atoms with Crippen molar-refractivity contribution in [1.29, 1.82) is 0 Å². The number of primary amides is 1. The van der Waals surface area contributed by atoms with Crippen LogP contribution in [-0.2, 0) is 4.79 Å². The Hall–Kier alpha value is -1.14. The number of carbonyl (C=O) groups excluding carboxylic acids is 2. The van der Waals surface area contributed by atoms with Crippen LogP contribution in [0, 0.1) is 0 Å². The third-order valence-electron chi connectivity index (χ3n) is 1.87. The quantitative estimate of drug-likeness (QED) is 0.524. The zero-order valence-electron chi connectivity index (χ0n) is 9.03. The first-order chi connectivity index (χ1) is 7.10. The number of imide groups is 1. The van der Waals surface area contributed by atoms with Crippen molar-refractivity contribution in [2.75, 3.05) is 26.2 Å². The Kier molecular flexibility index (Phi) is 7.57. The average molecular weight is 217 g/mol. The van der Waals surface area contributed by atoms with Gasteiger partial charge >= 0.3 is 6.03 Å². The van der Waals surface area contributed by atoms with Crippen LogP contribution < -0.4 is 11.1 Å². The van der Waals surface area contributed by atoms with Gasteiger partial charge in [0.25, 0.3) is 0 Å². The molecule has 0 spiro atoms. The number of carbonyl (C=O) groups is 2. The number of nitrogens with one attached hydrogen (secondary N) is 1. The van der Waals surface area contributed by atoms with E-state index >= 15 is 0 Å². The van der Waals surface area contributed by atoms with Gasteiger partial charge in [-0.15, -0.1) is 0 Å². The number of rotatable bonds is 7. The van der Waals surface area contributed by atoms with Gasteiger partial charge in [0.1, 0.15) is 0 Å². The highest BCUT2D eigenvalue weighted by Gasteiger charge is 2.08.